The SMILES string of the molecule is Cc1cccc(C(=O)Nc2nc(=O)n(C3C=CC(CO)O3)cc2F)c1. The fourth-order valence-corrected chi connectivity index (χ4v) is 2.43. The fourth-order valence-electron chi connectivity index (χ4n) is 2.43. The lowest BCUT2D eigenvalue weighted by Crippen LogP contribution is -2.30. The normalized spacial score (nSPS) is 19.2. The quantitative estimate of drug-likeness (QED) is 0.817. The summed E-state index contributed by atoms with van der Waals surface area (Å²) in [6.45, 7) is 1.58. The first kappa shape index (κ1) is 17.0. The number of benzene rings is 1. The van der Waals surface area contributed by atoms with Gasteiger partial charge in [0.2, 0.25) is 0 Å². The molecule has 0 saturated carbocycles. The van der Waals surface area contributed by atoms with E-state index >= 15 is 0 Å². The summed E-state index contributed by atoms with van der Waals surface area (Å²) in [6.07, 6.45) is 2.60. The molecule has 1 amide bonds. The number of ether oxygens (including phenoxy) is 1. The predicted molar refractivity (Wildman–Crippen MR) is 87.7 cm³/mol. The third kappa shape index (κ3) is 3.65. The minimum atomic E-state index is -0.870. The molecule has 1 aromatic carbocycles. The van der Waals surface area contributed by atoms with Gasteiger partial charge in [0.15, 0.2) is 17.9 Å². The summed E-state index contributed by atoms with van der Waals surface area (Å²) in [5, 5.41) is 11.3. The number of halogens is 1. The number of amides is 1. The van der Waals surface area contributed by atoms with Gasteiger partial charge in [-0.2, -0.15) is 4.98 Å². The second-order valence-electron chi connectivity index (χ2n) is 5.58. The molecule has 25 heavy (non-hydrogen) atoms. The van der Waals surface area contributed by atoms with Gasteiger partial charge in [0.05, 0.1) is 12.8 Å². The molecule has 1 aromatic heterocycles. The number of aliphatic hydroxyl groups excluding tert-OH is 1. The van der Waals surface area contributed by atoms with Gasteiger partial charge in [0, 0.05) is 5.56 Å². The van der Waals surface area contributed by atoms with Crippen LogP contribution in [0.3, 0.4) is 0 Å². The van der Waals surface area contributed by atoms with E-state index in [1.54, 1.807) is 24.3 Å². The minimum Gasteiger partial charge on any atom is -0.393 e. The number of aromatic nitrogens is 2. The molecule has 0 radical (unpaired) electrons. The van der Waals surface area contributed by atoms with Crippen molar-refractivity contribution in [1.29, 1.82) is 0 Å². The number of hydrogen-bond donors (Lipinski definition) is 2. The Balaban J connectivity index is 1.82. The van der Waals surface area contributed by atoms with E-state index in [9.17, 15) is 14.0 Å². The molecule has 7 nitrogen and oxygen atoms in total. The number of rotatable bonds is 4. The molecule has 2 aromatic rings. The van der Waals surface area contributed by atoms with Crippen LogP contribution in [0, 0.1) is 12.7 Å². The van der Waals surface area contributed by atoms with Crippen LogP contribution in [-0.2, 0) is 4.74 Å². The fraction of sp³-hybridized carbons (Fsp3) is 0.235. The van der Waals surface area contributed by atoms with E-state index in [4.69, 9.17) is 9.84 Å². The average Bonchev–Trinajstić information content (AvgIpc) is 3.06. The van der Waals surface area contributed by atoms with Crippen molar-refractivity contribution in [3.8, 4) is 0 Å². The maximum Gasteiger partial charge on any atom is 0.352 e. The van der Waals surface area contributed by atoms with E-state index in [-0.39, 0.29) is 6.61 Å². The van der Waals surface area contributed by atoms with Gasteiger partial charge in [-0.15, -0.1) is 0 Å². The number of carbonyl (C=O) groups is 1. The van der Waals surface area contributed by atoms with Gasteiger partial charge in [-0.1, -0.05) is 23.8 Å². The van der Waals surface area contributed by atoms with Crippen molar-refractivity contribution in [2.24, 2.45) is 0 Å². The lowest BCUT2D eigenvalue weighted by molar-refractivity contribution is -0.0106. The lowest BCUT2D eigenvalue weighted by Gasteiger charge is -2.15. The summed E-state index contributed by atoms with van der Waals surface area (Å²) in [7, 11) is 0. The summed E-state index contributed by atoms with van der Waals surface area (Å²) in [5.41, 5.74) is 0.424. The highest BCUT2D eigenvalue weighted by Crippen LogP contribution is 2.20. The molecular formula is C17H16FN3O4. The summed E-state index contributed by atoms with van der Waals surface area (Å²) in [5.74, 6) is -1.89. The van der Waals surface area contributed by atoms with Crippen molar-refractivity contribution in [2.45, 2.75) is 19.3 Å². The molecule has 3 rings (SSSR count). The number of nitrogens with zero attached hydrogens (tertiary/aromatic N) is 2. The number of anilines is 1. The molecule has 0 saturated heterocycles. The Morgan fingerprint density at radius 2 is 2.24 bits per heavy atom. The molecule has 2 atom stereocenters. The highest BCUT2D eigenvalue weighted by molar-refractivity contribution is 6.03. The van der Waals surface area contributed by atoms with E-state index in [2.05, 4.69) is 10.3 Å². The first-order valence-corrected chi connectivity index (χ1v) is 7.59. The van der Waals surface area contributed by atoms with E-state index in [1.165, 1.54) is 6.08 Å². The van der Waals surface area contributed by atoms with E-state index in [1.807, 2.05) is 13.0 Å². The first-order valence-electron chi connectivity index (χ1n) is 7.59. The zero-order chi connectivity index (χ0) is 18.0. The maximum absolute atomic E-state index is 14.3. The molecular weight excluding hydrogens is 329 g/mol. The topological polar surface area (TPSA) is 93.5 Å². The lowest BCUT2D eigenvalue weighted by atomic mass is 10.1. The van der Waals surface area contributed by atoms with E-state index in [0.717, 1.165) is 16.3 Å². The van der Waals surface area contributed by atoms with Gasteiger partial charge in [-0.05, 0) is 25.1 Å². The number of carbonyl (C=O) groups excluding carboxylic acids is 1. The van der Waals surface area contributed by atoms with Crippen molar-refractivity contribution in [3.05, 3.63) is 70.0 Å². The van der Waals surface area contributed by atoms with Crippen LogP contribution in [0.25, 0.3) is 0 Å². The Morgan fingerprint density at radius 1 is 1.44 bits per heavy atom. The predicted octanol–water partition coefficient (Wildman–Crippen LogP) is 1.39. The Bertz CT molecular complexity index is 894. The molecule has 1 aliphatic heterocycles. The van der Waals surface area contributed by atoms with Crippen LogP contribution in [0.2, 0.25) is 0 Å². The number of hydrogen-bond acceptors (Lipinski definition) is 5. The molecule has 0 fully saturated rings. The summed E-state index contributed by atoms with van der Waals surface area (Å²) in [6, 6.07) is 6.74. The van der Waals surface area contributed by atoms with Gasteiger partial charge < -0.3 is 15.2 Å². The molecule has 2 N–H and O–H groups in total. The van der Waals surface area contributed by atoms with E-state index in [0.29, 0.717) is 5.56 Å². The third-order valence-electron chi connectivity index (χ3n) is 3.68. The largest absolute Gasteiger partial charge is 0.393 e. The Morgan fingerprint density at radius 3 is 2.92 bits per heavy atom. The van der Waals surface area contributed by atoms with Gasteiger partial charge in [-0.3, -0.25) is 9.36 Å². The van der Waals surface area contributed by atoms with Crippen LogP contribution >= 0.6 is 0 Å². The van der Waals surface area contributed by atoms with Crippen LogP contribution < -0.4 is 11.0 Å². The minimum absolute atomic E-state index is 0.248. The van der Waals surface area contributed by atoms with E-state index < -0.39 is 35.6 Å². The third-order valence-corrected chi connectivity index (χ3v) is 3.68. The molecule has 1 aliphatic rings. The Kier molecular flexibility index (Phi) is 4.73. The van der Waals surface area contributed by atoms with Crippen molar-refractivity contribution < 1.29 is 19.0 Å². The zero-order valence-electron chi connectivity index (χ0n) is 13.3. The molecule has 0 spiro atoms. The monoisotopic (exact) mass is 345 g/mol. The highest BCUT2D eigenvalue weighted by atomic mass is 19.1. The Hall–Kier alpha value is -2.84. The molecule has 2 unspecified atom stereocenters. The van der Waals surface area contributed by atoms with Gasteiger partial charge >= 0.3 is 5.69 Å². The Labute approximate surface area is 142 Å². The highest BCUT2D eigenvalue weighted by Gasteiger charge is 2.23. The molecule has 0 bridgehead atoms. The molecule has 130 valence electrons. The first-order chi connectivity index (χ1) is 12.0. The summed E-state index contributed by atoms with van der Waals surface area (Å²) >= 11 is 0. The van der Waals surface area contributed by atoms with Crippen molar-refractivity contribution >= 4 is 11.7 Å². The van der Waals surface area contributed by atoms with Gasteiger partial charge in [0.1, 0.15) is 6.10 Å². The van der Waals surface area contributed by atoms with Gasteiger partial charge in [0.25, 0.3) is 5.91 Å². The second kappa shape index (κ2) is 6.96. The van der Waals surface area contributed by atoms with Crippen LogP contribution in [0.5, 0.6) is 0 Å². The number of aliphatic hydroxyl groups is 1. The zero-order valence-corrected chi connectivity index (χ0v) is 13.3. The summed E-state index contributed by atoms with van der Waals surface area (Å²) in [4.78, 5) is 27.8. The summed E-state index contributed by atoms with van der Waals surface area (Å²) < 4.78 is 20.5. The molecule has 8 heteroatoms. The molecule has 2 heterocycles. The number of nitrogens with one attached hydrogen (secondary N) is 1. The van der Waals surface area contributed by atoms with Crippen LogP contribution in [0.4, 0.5) is 10.2 Å². The average molecular weight is 345 g/mol. The van der Waals surface area contributed by atoms with Crippen LogP contribution in [0.15, 0.2) is 47.4 Å². The van der Waals surface area contributed by atoms with Crippen molar-refractivity contribution in [1.82, 2.24) is 9.55 Å². The maximum atomic E-state index is 14.3. The number of aryl methyl sites for hydroxylation is 1. The van der Waals surface area contributed by atoms with Crippen LogP contribution in [0.1, 0.15) is 22.1 Å². The standard InChI is InChI=1S/C17H16FN3O4/c1-10-3-2-4-11(7-10)16(23)19-15-13(18)8-21(17(24)20-15)14-6-5-12(9-22)25-14/h2-8,12,14,22H,9H2,1H3,(H,19,20,23,24). The van der Waals surface area contributed by atoms with Gasteiger partial charge in [-0.25, -0.2) is 9.18 Å². The van der Waals surface area contributed by atoms with Crippen molar-refractivity contribution in [3.63, 3.8) is 0 Å². The second-order valence-corrected chi connectivity index (χ2v) is 5.58. The van der Waals surface area contributed by atoms with Crippen molar-refractivity contribution in [2.75, 3.05) is 11.9 Å². The van der Waals surface area contributed by atoms with Crippen LogP contribution in [-0.4, -0.2) is 33.3 Å². The smallest absolute Gasteiger partial charge is 0.352 e. The molecule has 0 aliphatic carbocycles.